The second-order valence-electron chi connectivity index (χ2n) is 19.6. The molecule has 6 heteroatoms. The summed E-state index contributed by atoms with van der Waals surface area (Å²) in [5.74, 6) is -0.107. The first-order chi connectivity index (χ1) is 31.5. The zero-order valence-corrected chi connectivity index (χ0v) is 43.0. The van der Waals surface area contributed by atoms with Gasteiger partial charge in [-0.15, -0.1) is 0 Å². The summed E-state index contributed by atoms with van der Waals surface area (Å²) in [6.45, 7) is 4.87. The zero-order chi connectivity index (χ0) is 46.5. The average molecular weight is 903 g/mol. The molecule has 0 aliphatic heterocycles. The van der Waals surface area contributed by atoms with Crippen molar-refractivity contribution in [3.05, 3.63) is 24.3 Å². The van der Waals surface area contributed by atoms with E-state index in [1.807, 2.05) is 6.08 Å². The lowest BCUT2D eigenvalue weighted by Gasteiger charge is -2.20. The quantitative estimate of drug-likeness (QED) is 0.0321. The number of aliphatic hydroxyl groups excluding tert-OH is 2. The van der Waals surface area contributed by atoms with Crippen molar-refractivity contribution >= 4 is 11.9 Å². The van der Waals surface area contributed by atoms with E-state index in [0.717, 1.165) is 57.8 Å². The minimum absolute atomic E-state index is 0.0223. The minimum atomic E-state index is -0.857. The number of hydrogen-bond acceptors (Lipinski definition) is 5. The van der Waals surface area contributed by atoms with Crippen molar-refractivity contribution in [3.8, 4) is 0 Å². The standard InChI is InChI=1S/C58H111NO5/c1-3-5-7-9-11-13-15-17-19-21-22-23-24-25-27-30-34-38-42-46-50-56(61)55(54-60)59-57(62)51-47-43-39-35-31-29-33-37-41-45-49-53-64-58(63)52-48-44-40-36-32-28-26-20-18-16-14-12-10-8-6-4-2/h20,26,46,50,55-56,60-61H,3-19,21-25,27-45,47-49,51-54H2,1-2H3,(H,59,62)/b26-20-,50-46+. The SMILES string of the molecule is CCCCCCCCC/C=C\CCCCCCCC(=O)OCCCCCCCCCCCCCC(=O)NC(CO)C(O)/C=C/CCCCCCCCCCCCCCCCCCCC. The van der Waals surface area contributed by atoms with Crippen molar-refractivity contribution in [2.24, 2.45) is 0 Å². The van der Waals surface area contributed by atoms with E-state index in [4.69, 9.17) is 4.74 Å². The summed E-state index contributed by atoms with van der Waals surface area (Å²) >= 11 is 0. The van der Waals surface area contributed by atoms with E-state index in [1.165, 1.54) is 225 Å². The smallest absolute Gasteiger partial charge is 0.305 e. The highest BCUT2D eigenvalue weighted by Gasteiger charge is 2.18. The highest BCUT2D eigenvalue weighted by atomic mass is 16.5. The second-order valence-corrected chi connectivity index (χ2v) is 19.6. The van der Waals surface area contributed by atoms with Crippen LogP contribution in [-0.4, -0.2) is 47.4 Å². The monoisotopic (exact) mass is 902 g/mol. The molecule has 3 N–H and O–H groups in total. The van der Waals surface area contributed by atoms with Gasteiger partial charge in [-0.2, -0.15) is 0 Å². The molecule has 64 heavy (non-hydrogen) atoms. The van der Waals surface area contributed by atoms with Gasteiger partial charge >= 0.3 is 5.97 Å². The first kappa shape index (κ1) is 62.3. The largest absolute Gasteiger partial charge is 0.466 e. The molecule has 2 atom stereocenters. The third kappa shape index (κ3) is 49.8. The van der Waals surface area contributed by atoms with Crippen molar-refractivity contribution in [2.45, 2.75) is 321 Å². The lowest BCUT2D eigenvalue weighted by molar-refractivity contribution is -0.143. The Morgan fingerprint density at radius 3 is 1.11 bits per heavy atom. The molecule has 0 saturated heterocycles. The Bertz CT molecular complexity index is 997. The molecule has 0 heterocycles. The number of allylic oxidation sites excluding steroid dienone is 3. The van der Waals surface area contributed by atoms with Gasteiger partial charge in [0.15, 0.2) is 0 Å². The van der Waals surface area contributed by atoms with Crippen LogP contribution in [0.25, 0.3) is 0 Å². The number of ether oxygens (including phenoxy) is 1. The van der Waals surface area contributed by atoms with Gasteiger partial charge in [0, 0.05) is 12.8 Å². The number of nitrogens with one attached hydrogen (secondary N) is 1. The molecule has 0 fully saturated rings. The molecule has 0 aliphatic carbocycles. The summed E-state index contributed by atoms with van der Waals surface area (Å²) in [5, 5.41) is 23.1. The molecule has 0 aromatic carbocycles. The molecule has 0 rings (SSSR count). The molecule has 378 valence electrons. The van der Waals surface area contributed by atoms with Crippen LogP contribution in [0.1, 0.15) is 309 Å². The molecular weight excluding hydrogens is 791 g/mol. The molecule has 0 saturated carbocycles. The van der Waals surface area contributed by atoms with E-state index in [1.54, 1.807) is 6.08 Å². The number of esters is 1. The van der Waals surface area contributed by atoms with E-state index in [2.05, 4.69) is 31.3 Å². The fourth-order valence-corrected chi connectivity index (χ4v) is 8.81. The Balaban J connectivity index is 3.50. The molecular formula is C58H111NO5. The summed E-state index contributed by atoms with van der Waals surface area (Å²) in [6, 6.07) is -0.643. The van der Waals surface area contributed by atoms with Gasteiger partial charge in [0.1, 0.15) is 0 Å². The second kappa shape index (κ2) is 54.0. The van der Waals surface area contributed by atoms with Crippen LogP contribution >= 0.6 is 0 Å². The Morgan fingerprint density at radius 1 is 0.422 bits per heavy atom. The molecule has 1 amide bonds. The number of hydrogen-bond donors (Lipinski definition) is 3. The predicted molar refractivity (Wildman–Crippen MR) is 278 cm³/mol. The van der Waals surface area contributed by atoms with Crippen LogP contribution in [0.5, 0.6) is 0 Å². The van der Waals surface area contributed by atoms with Crippen molar-refractivity contribution in [2.75, 3.05) is 13.2 Å². The van der Waals surface area contributed by atoms with Gasteiger partial charge in [0.05, 0.1) is 25.4 Å². The highest BCUT2D eigenvalue weighted by molar-refractivity contribution is 5.76. The Labute approximate surface area is 399 Å². The third-order valence-electron chi connectivity index (χ3n) is 13.2. The highest BCUT2D eigenvalue weighted by Crippen LogP contribution is 2.17. The van der Waals surface area contributed by atoms with E-state index in [0.29, 0.717) is 19.4 Å². The lowest BCUT2D eigenvalue weighted by Crippen LogP contribution is -2.45. The maximum absolute atomic E-state index is 12.5. The number of rotatable bonds is 53. The fraction of sp³-hybridized carbons (Fsp3) is 0.897. The summed E-state index contributed by atoms with van der Waals surface area (Å²) in [6.07, 6.45) is 64.7. The van der Waals surface area contributed by atoms with Gasteiger partial charge in [-0.25, -0.2) is 0 Å². The summed E-state index contributed by atoms with van der Waals surface area (Å²) < 4.78 is 5.46. The molecule has 0 radical (unpaired) electrons. The van der Waals surface area contributed by atoms with Crippen molar-refractivity contribution in [1.29, 1.82) is 0 Å². The first-order valence-corrected chi connectivity index (χ1v) is 28.6. The maximum Gasteiger partial charge on any atom is 0.305 e. The molecule has 0 aromatic rings. The lowest BCUT2D eigenvalue weighted by atomic mass is 10.0. The Morgan fingerprint density at radius 2 is 0.734 bits per heavy atom. The predicted octanol–water partition coefficient (Wildman–Crippen LogP) is 17.5. The number of carbonyl (C=O) groups is 2. The number of amides is 1. The first-order valence-electron chi connectivity index (χ1n) is 28.6. The summed E-state index contributed by atoms with van der Waals surface area (Å²) in [5.41, 5.74) is 0. The van der Waals surface area contributed by atoms with Gasteiger partial charge in [0.2, 0.25) is 5.91 Å². The van der Waals surface area contributed by atoms with Gasteiger partial charge in [-0.05, 0) is 57.8 Å². The van der Waals surface area contributed by atoms with Crippen LogP contribution in [-0.2, 0) is 14.3 Å². The third-order valence-corrected chi connectivity index (χ3v) is 13.2. The van der Waals surface area contributed by atoms with Crippen molar-refractivity contribution < 1.29 is 24.5 Å². The van der Waals surface area contributed by atoms with Gasteiger partial charge in [0.25, 0.3) is 0 Å². The van der Waals surface area contributed by atoms with E-state index in [9.17, 15) is 19.8 Å². The normalized spacial score (nSPS) is 12.8. The molecule has 0 spiro atoms. The van der Waals surface area contributed by atoms with Crippen LogP contribution in [0.3, 0.4) is 0 Å². The molecule has 0 aromatic heterocycles. The van der Waals surface area contributed by atoms with E-state index < -0.39 is 12.1 Å². The van der Waals surface area contributed by atoms with Crippen molar-refractivity contribution in [3.63, 3.8) is 0 Å². The van der Waals surface area contributed by atoms with Crippen LogP contribution in [0.2, 0.25) is 0 Å². The van der Waals surface area contributed by atoms with E-state index >= 15 is 0 Å². The summed E-state index contributed by atoms with van der Waals surface area (Å²) in [4.78, 5) is 24.5. The van der Waals surface area contributed by atoms with Gasteiger partial charge in [-0.1, -0.05) is 263 Å². The van der Waals surface area contributed by atoms with E-state index in [-0.39, 0.29) is 18.5 Å². The van der Waals surface area contributed by atoms with Crippen molar-refractivity contribution in [1.82, 2.24) is 5.32 Å². The molecule has 0 aliphatic rings. The molecule has 0 bridgehead atoms. The Kier molecular flexibility index (Phi) is 52.6. The van der Waals surface area contributed by atoms with Crippen LogP contribution in [0.15, 0.2) is 24.3 Å². The molecule has 2 unspecified atom stereocenters. The average Bonchev–Trinajstić information content (AvgIpc) is 3.29. The van der Waals surface area contributed by atoms with Crippen LogP contribution in [0.4, 0.5) is 0 Å². The van der Waals surface area contributed by atoms with Crippen LogP contribution in [0, 0.1) is 0 Å². The van der Waals surface area contributed by atoms with Gasteiger partial charge in [-0.3, -0.25) is 9.59 Å². The number of carbonyl (C=O) groups excluding carboxylic acids is 2. The number of aliphatic hydroxyl groups is 2. The summed E-state index contributed by atoms with van der Waals surface area (Å²) in [7, 11) is 0. The molecule has 6 nitrogen and oxygen atoms in total. The number of unbranched alkanes of at least 4 members (excludes halogenated alkanes) is 40. The topological polar surface area (TPSA) is 95.9 Å². The van der Waals surface area contributed by atoms with Gasteiger partial charge < -0.3 is 20.3 Å². The Hall–Kier alpha value is -1.66. The van der Waals surface area contributed by atoms with Crippen LogP contribution < -0.4 is 5.32 Å². The maximum atomic E-state index is 12.5. The fourth-order valence-electron chi connectivity index (χ4n) is 8.81. The minimum Gasteiger partial charge on any atom is -0.466 e. The zero-order valence-electron chi connectivity index (χ0n) is 43.0.